The predicted octanol–water partition coefficient (Wildman–Crippen LogP) is 4.04. The number of carbonyl (C=O) groups excluding carboxylic acids is 2. The van der Waals surface area contributed by atoms with Gasteiger partial charge in [-0.3, -0.25) is 9.59 Å². The van der Waals surface area contributed by atoms with Gasteiger partial charge in [0.2, 0.25) is 6.79 Å². The molecule has 0 radical (unpaired) electrons. The van der Waals surface area contributed by atoms with Crippen LogP contribution in [0, 0.1) is 13.8 Å². The van der Waals surface area contributed by atoms with E-state index in [0.717, 1.165) is 16.7 Å². The maximum atomic E-state index is 13.5. The molecule has 162 valence electrons. The second-order valence-corrected chi connectivity index (χ2v) is 8.37. The number of aliphatic hydroxyl groups is 1. The average Bonchev–Trinajstić information content (AvgIpc) is 3.33. The molecule has 0 saturated carbocycles. The molecule has 0 bridgehead atoms. The van der Waals surface area contributed by atoms with Gasteiger partial charge in [0.15, 0.2) is 22.9 Å². The number of aryl methyl sites for hydroxylation is 2. The second kappa shape index (κ2) is 7.50. The summed E-state index contributed by atoms with van der Waals surface area (Å²) in [5, 5.41) is 11.5. The molecule has 6 heteroatoms. The van der Waals surface area contributed by atoms with E-state index in [2.05, 4.69) is 6.07 Å². The van der Waals surface area contributed by atoms with Crippen molar-refractivity contribution in [1.82, 2.24) is 0 Å². The van der Waals surface area contributed by atoms with Crippen molar-refractivity contribution in [3.8, 4) is 11.5 Å². The number of Topliss-reactive ketones (excluding diaryl/α,β-unsaturated/α-hetero) is 1. The van der Waals surface area contributed by atoms with Crippen LogP contribution in [0.4, 0.5) is 5.69 Å². The highest BCUT2D eigenvalue weighted by atomic mass is 16.7. The first-order valence-corrected chi connectivity index (χ1v) is 10.5. The Bertz CT molecular complexity index is 1250. The molecule has 6 nitrogen and oxygen atoms in total. The lowest BCUT2D eigenvalue weighted by atomic mass is 9.88. The molecule has 0 aromatic heterocycles. The Balaban J connectivity index is 1.47. The van der Waals surface area contributed by atoms with E-state index >= 15 is 0 Å². The van der Waals surface area contributed by atoms with Gasteiger partial charge in [-0.25, -0.2) is 0 Å². The lowest BCUT2D eigenvalue weighted by Crippen LogP contribution is -2.41. The first-order valence-electron chi connectivity index (χ1n) is 10.5. The zero-order chi connectivity index (χ0) is 22.5. The van der Waals surface area contributed by atoms with Gasteiger partial charge in [0.1, 0.15) is 0 Å². The van der Waals surface area contributed by atoms with Crippen LogP contribution in [0.2, 0.25) is 0 Å². The third kappa shape index (κ3) is 3.24. The molecule has 0 spiro atoms. The van der Waals surface area contributed by atoms with E-state index in [0.29, 0.717) is 34.9 Å². The molecule has 2 aliphatic heterocycles. The largest absolute Gasteiger partial charge is 0.454 e. The fraction of sp³-hybridized carbons (Fsp3) is 0.231. The molecule has 0 saturated heterocycles. The zero-order valence-corrected chi connectivity index (χ0v) is 17.9. The van der Waals surface area contributed by atoms with Crippen LogP contribution in [0.5, 0.6) is 11.5 Å². The SMILES string of the molecule is Cc1ccc(CN2C(=O)C(O)(CC(=O)c3ccc4c(c3)OCO4)c3ccccc32)c(C)c1. The van der Waals surface area contributed by atoms with Gasteiger partial charge < -0.3 is 19.5 Å². The molecule has 3 aromatic carbocycles. The van der Waals surface area contributed by atoms with E-state index in [4.69, 9.17) is 9.47 Å². The van der Waals surface area contributed by atoms with Crippen LogP contribution in [0.15, 0.2) is 60.7 Å². The fourth-order valence-electron chi connectivity index (χ4n) is 4.43. The Morgan fingerprint density at radius 3 is 2.62 bits per heavy atom. The van der Waals surface area contributed by atoms with Crippen molar-refractivity contribution in [3.05, 3.63) is 88.5 Å². The summed E-state index contributed by atoms with van der Waals surface area (Å²) in [6.07, 6.45) is -0.355. The normalized spacial score (nSPS) is 18.7. The molecule has 1 amide bonds. The Labute approximate surface area is 186 Å². The number of benzene rings is 3. The Morgan fingerprint density at radius 2 is 1.81 bits per heavy atom. The number of ketones is 1. The molecule has 0 aliphatic carbocycles. The monoisotopic (exact) mass is 429 g/mol. The minimum atomic E-state index is -1.93. The summed E-state index contributed by atoms with van der Waals surface area (Å²) in [5.74, 6) is 0.217. The fourth-order valence-corrected chi connectivity index (χ4v) is 4.43. The number of fused-ring (bicyclic) bond motifs is 2. The van der Waals surface area contributed by atoms with E-state index in [-0.39, 0.29) is 19.0 Å². The maximum absolute atomic E-state index is 13.5. The van der Waals surface area contributed by atoms with Crippen molar-refractivity contribution >= 4 is 17.4 Å². The summed E-state index contributed by atoms with van der Waals surface area (Å²) in [5.41, 5.74) is 2.71. The van der Waals surface area contributed by atoms with Crippen LogP contribution < -0.4 is 14.4 Å². The first kappa shape index (κ1) is 20.3. The molecule has 1 N–H and O–H groups in total. The van der Waals surface area contributed by atoms with Crippen molar-refractivity contribution in [2.45, 2.75) is 32.4 Å². The Morgan fingerprint density at radius 1 is 1.03 bits per heavy atom. The molecular weight excluding hydrogens is 406 g/mol. The van der Waals surface area contributed by atoms with Crippen LogP contribution in [0.1, 0.15) is 39.0 Å². The third-order valence-electron chi connectivity index (χ3n) is 6.18. The quantitative estimate of drug-likeness (QED) is 0.620. The average molecular weight is 429 g/mol. The molecule has 32 heavy (non-hydrogen) atoms. The maximum Gasteiger partial charge on any atom is 0.264 e. The van der Waals surface area contributed by atoms with Crippen molar-refractivity contribution in [1.29, 1.82) is 0 Å². The highest BCUT2D eigenvalue weighted by Crippen LogP contribution is 2.44. The van der Waals surface area contributed by atoms with Crippen molar-refractivity contribution in [2.24, 2.45) is 0 Å². The first-order chi connectivity index (χ1) is 15.4. The highest BCUT2D eigenvalue weighted by molar-refractivity contribution is 6.10. The smallest absolute Gasteiger partial charge is 0.264 e. The van der Waals surface area contributed by atoms with E-state index in [1.807, 2.05) is 32.0 Å². The number of rotatable bonds is 5. The molecule has 5 rings (SSSR count). The van der Waals surface area contributed by atoms with Crippen LogP contribution >= 0.6 is 0 Å². The van der Waals surface area contributed by atoms with Crippen LogP contribution in [0.25, 0.3) is 0 Å². The van der Waals surface area contributed by atoms with E-state index in [1.165, 1.54) is 0 Å². The van der Waals surface area contributed by atoms with Gasteiger partial charge >= 0.3 is 0 Å². The number of carbonyl (C=O) groups is 2. The number of nitrogens with zero attached hydrogens (tertiary/aromatic N) is 1. The molecular formula is C26H23NO5. The number of amides is 1. The van der Waals surface area contributed by atoms with E-state index in [9.17, 15) is 14.7 Å². The molecule has 1 unspecified atom stereocenters. The molecule has 0 fully saturated rings. The van der Waals surface area contributed by atoms with E-state index in [1.54, 1.807) is 41.3 Å². The Kier molecular flexibility index (Phi) is 4.75. The van der Waals surface area contributed by atoms with Gasteiger partial charge in [-0.05, 0) is 49.2 Å². The lowest BCUT2D eigenvalue weighted by Gasteiger charge is -2.23. The van der Waals surface area contributed by atoms with Gasteiger partial charge in [0.05, 0.1) is 18.7 Å². The summed E-state index contributed by atoms with van der Waals surface area (Å²) >= 11 is 0. The van der Waals surface area contributed by atoms with Crippen LogP contribution in [-0.4, -0.2) is 23.6 Å². The number of hydrogen-bond donors (Lipinski definition) is 1. The van der Waals surface area contributed by atoms with E-state index < -0.39 is 11.5 Å². The van der Waals surface area contributed by atoms with Crippen molar-refractivity contribution < 1.29 is 24.2 Å². The summed E-state index contributed by atoms with van der Waals surface area (Å²) in [6.45, 7) is 4.45. The third-order valence-corrected chi connectivity index (χ3v) is 6.18. The second-order valence-electron chi connectivity index (χ2n) is 8.37. The molecule has 2 heterocycles. The predicted molar refractivity (Wildman–Crippen MR) is 119 cm³/mol. The van der Waals surface area contributed by atoms with Crippen LogP contribution in [-0.2, 0) is 16.9 Å². The minimum Gasteiger partial charge on any atom is -0.454 e. The zero-order valence-electron chi connectivity index (χ0n) is 17.9. The van der Waals surface area contributed by atoms with Gasteiger partial charge in [-0.15, -0.1) is 0 Å². The number of hydrogen-bond acceptors (Lipinski definition) is 5. The van der Waals surface area contributed by atoms with Gasteiger partial charge in [-0.1, -0.05) is 42.0 Å². The standard InChI is InChI=1S/C26H23NO5/c1-16-7-8-19(17(2)11-16)14-27-21-6-4-3-5-20(21)26(30,25(27)29)13-22(28)18-9-10-23-24(12-18)32-15-31-23/h3-12,30H,13-15H2,1-2H3. The number of para-hydroxylation sites is 1. The summed E-state index contributed by atoms with van der Waals surface area (Å²) in [4.78, 5) is 28.2. The highest BCUT2D eigenvalue weighted by Gasteiger charge is 2.50. The van der Waals surface area contributed by atoms with Crippen molar-refractivity contribution in [2.75, 3.05) is 11.7 Å². The molecule has 3 aromatic rings. The summed E-state index contributed by atoms with van der Waals surface area (Å²) < 4.78 is 10.6. The number of ether oxygens (including phenoxy) is 2. The minimum absolute atomic E-state index is 0.107. The van der Waals surface area contributed by atoms with Gasteiger partial charge in [-0.2, -0.15) is 0 Å². The Hall–Kier alpha value is -3.64. The number of anilines is 1. The van der Waals surface area contributed by atoms with Gasteiger partial charge in [0.25, 0.3) is 5.91 Å². The summed E-state index contributed by atoms with van der Waals surface area (Å²) in [6, 6.07) is 18.1. The summed E-state index contributed by atoms with van der Waals surface area (Å²) in [7, 11) is 0. The van der Waals surface area contributed by atoms with Gasteiger partial charge in [0, 0.05) is 11.1 Å². The molecule has 2 aliphatic rings. The van der Waals surface area contributed by atoms with Crippen molar-refractivity contribution in [3.63, 3.8) is 0 Å². The lowest BCUT2D eigenvalue weighted by molar-refractivity contribution is -0.136. The molecule has 1 atom stereocenters. The van der Waals surface area contributed by atoms with Crippen LogP contribution in [0.3, 0.4) is 0 Å². The topological polar surface area (TPSA) is 76.1 Å².